The summed E-state index contributed by atoms with van der Waals surface area (Å²) in [5.41, 5.74) is 2.00. The van der Waals surface area contributed by atoms with E-state index in [1.54, 1.807) is 62.0 Å². The van der Waals surface area contributed by atoms with Crippen LogP contribution in [0.5, 0.6) is 5.75 Å². The number of hydrogen-bond donors (Lipinski definition) is 0. The highest BCUT2D eigenvalue weighted by atomic mass is 32.1. The van der Waals surface area contributed by atoms with E-state index in [-0.39, 0.29) is 43.4 Å². The highest BCUT2D eigenvalue weighted by Gasteiger charge is 2.34. The van der Waals surface area contributed by atoms with E-state index in [1.165, 1.54) is 22.0 Å². The van der Waals surface area contributed by atoms with E-state index in [2.05, 4.69) is 5.10 Å². The number of halogens is 1. The molecule has 0 saturated carbocycles. The van der Waals surface area contributed by atoms with Crippen molar-refractivity contribution in [3.05, 3.63) is 87.9 Å². The third kappa shape index (κ3) is 5.75. The number of ether oxygens (including phenoxy) is 2. The lowest BCUT2D eigenvalue weighted by Gasteiger charge is -2.27. The van der Waals surface area contributed by atoms with Gasteiger partial charge in [-0.15, -0.1) is 11.3 Å². The molecule has 2 heterocycles. The van der Waals surface area contributed by atoms with Crippen LogP contribution in [-0.2, 0) is 9.53 Å². The minimum Gasteiger partial charge on any atom is -0.497 e. The van der Waals surface area contributed by atoms with Crippen molar-refractivity contribution in [3.63, 3.8) is 0 Å². The molecule has 0 saturated heterocycles. The summed E-state index contributed by atoms with van der Waals surface area (Å²) in [4.78, 5) is 29.2. The van der Waals surface area contributed by atoms with Gasteiger partial charge >= 0.3 is 0 Å². The summed E-state index contributed by atoms with van der Waals surface area (Å²) in [5, 5.41) is 8.00. The number of carbonyl (C=O) groups excluding carboxylic acids is 2. The topological polar surface area (TPSA) is 71.4 Å². The molecule has 182 valence electrons. The quantitative estimate of drug-likeness (QED) is 0.442. The predicted molar refractivity (Wildman–Crippen MR) is 132 cm³/mol. The standard InChI is InChI=1S/C26H26FN3O4S/c1-33-14-13-29(26(32)19-7-11-21(34-2)12-8-19)17-25(31)30-23(18-5-9-20(27)10-6-18)16-22(28-30)24-4-3-15-35-24/h3-12,15,23H,13-14,16-17H2,1-2H3/t23-/m0/s1. The molecule has 1 aliphatic heterocycles. The van der Waals surface area contributed by atoms with Crippen LogP contribution in [0.3, 0.4) is 0 Å². The average Bonchev–Trinajstić information content (AvgIpc) is 3.57. The largest absolute Gasteiger partial charge is 0.497 e. The van der Waals surface area contributed by atoms with E-state index in [1.807, 2.05) is 17.5 Å². The fourth-order valence-electron chi connectivity index (χ4n) is 3.88. The van der Waals surface area contributed by atoms with Gasteiger partial charge in [-0.05, 0) is 53.4 Å². The fourth-order valence-corrected chi connectivity index (χ4v) is 4.60. The summed E-state index contributed by atoms with van der Waals surface area (Å²) in [6.45, 7) is 0.344. The van der Waals surface area contributed by atoms with Crippen LogP contribution in [0, 0.1) is 5.82 Å². The van der Waals surface area contributed by atoms with Gasteiger partial charge in [0.2, 0.25) is 0 Å². The number of amides is 2. The molecule has 2 aromatic carbocycles. The number of rotatable bonds is 9. The van der Waals surface area contributed by atoms with Crippen molar-refractivity contribution in [2.45, 2.75) is 12.5 Å². The van der Waals surface area contributed by atoms with Gasteiger partial charge in [-0.25, -0.2) is 9.40 Å². The maximum absolute atomic E-state index is 13.5. The molecule has 0 aliphatic carbocycles. The van der Waals surface area contributed by atoms with Gasteiger partial charge in [-0.2, -0.15) is 5.10 Å². The lowest BCUT2D eigenvalue weighted by molar-refractivity contribution is -0.133. The van der Waals surface area contributed by atoms with E-state index in [9.17, 15) is 14.0 Å². The molecule has 0 fully saturated rings. The molecule has 7 nitrogen and oxygen atoms in total. The van der Waals surface area contributed by atoms with Gasteiger partial charge in [0.15, 0.2) is 0 Å². The molecule has 1 aromatic heterocycles. The van der Waals surface area contributed by atoms with Gasteiger partial charge in [0.05, 0.1) is 30.3 Å². The second-order valence-electron chi connectivity index (χ2n) is 7.98. The highest BCUT2D eigenvalue weighted by Crippen LogP contribution is 2.34. The normalized spacial score (nSPS) is 15.1. The van der Waals surface area contributed by atoms with Crippen molar-refractivity contribution in [2.24, 2.45) is 5.10 Å². The SMILES string of the molecule is COCCN(CC(=O)N1N=C(c2cccs2)C[C@H]1c1ccc(F)cc1)C(=O)c1ccc(OC)cc1. The molecule has 0 spiro atoms. The first-order valence-electron chi connectivity index (χ1n) is 11.1. The first kappa shape index (κ1) is 24.6. The van der Waals surface area contributed by atoms with Crippen LogP contribution in [0.4, 0.5) is 4.39 Å². The molecule has 0 N–H and O–H groups in total. The van der Waals surface area contributed by atoms with Gasteiger partial charge in [-0.3, -0.25) is 9.59 Å². The van der Waals surface area contributed by atoms with E-state index >= 15 is 0 Å². The Kier molecular flexibility index (Phi) is 7.89. The van der Waals surface area contributed by atoms with Gasteiger partial charge in [0.1, 0.15) is 18.1 Å². The molecular weight excluding hydrogens is 469 g/mol. The summed E-state index contributed by atoms with van der Waals surface area (Å²) < 4.78 is 23.9. The Bertz CT molecular complexity index is 1180. The number of carbonyl (C=O) groups is 2. The Morgan fingerprint density at radius 3 is 2.49 bits per heavy atom. The first-order chi connectivity index (χ1) is 17.0. The van der Waals surface area contributed by atoms with Gasteiger partial charge in [0.25, 0.3) is 11.8 Å². The van der Waals surface area contributed by atoms with E-state index in [0.717, 1.165) is 16.2 Å². The van der Waals surface area contributed by atoms with Crippen molar-refractivity contribution < 1.29 is 23.5 Å². The summed E-state index contributed by atoms with van der Waals surface area (Å²) >= 11 is 1.54. The summed E-state index contributed by atoms with van der Waals surface area (Å²) in [6.07, 6.45) is 0.502. The van der Waals surface area contributed by atoms with Crippen molar-refractivity contribution in [3.8, 4) is 5.75 Å². The predicted octanol–water partition coefficient (Wildman–Crippen LogP) is 4.36. The number of hydrogen-bond acceptors (Lipinski definition) is 6. The Balaban J connectivity index is 1.59. The fraction of sp³-hybridized carbons (Fsp3) is 0.269. The van der Waals surface area contributed by atoms with Crippen molar-refractivity contribution in [1.82, 2.24) is 9.91 Å². The monoisotopic (exact) mass is 495 g/mol. The van der Waals surface area contributed by atoms with Crippen molar-refractivity contribution in [1.29, 1.82) is 0 Å². The molecule has 0 bridgehead atoms. The van der Waals surface area contributed by atoms with E-state index in [0.29, 0.717) is 17.7 Å². The van der Waals surface area contributed by atoms with Crippen LogP contribution >= 0.6 is 11.3 Å². The zero-order chi connectivity index (χ0) is 24.8. The number of benzene rings is 2. The molecule has 1 aliphatic rings. The molecule has 9 heteroatoms. The average molecular weight is 496 g/mol. The first-order valence-corrected chi connectivity index (χ1v) is 12.0. The minimum atomic E-state index is -0.388. The highest BCUT2D eigenvalue weighted by molar-refractivity contribution is 7.12. The molecule has 3 aromatic rings. The van der Waals surface area contributed by atoms with Gasteiger partial charge in [0, 0.05) is 25.6 Å². The number of hydrazone groups is 1. The Morgan fingerprint density at radius 1 is 1.11 bits per heavy atom. The van der Waals surface area contributed by atoms with Crippen LogP contribution in [0.15, 0.2) is 71.1 Å². The number of nitrogens with zero attached hydrogens (tertiary/aromatic N) is 3. The van der Waals surface area contributed by atoms with Crippen LogP contribution in [-0.4, -0.2) is 61.4 Å². The molecule has 2 amide bonds. The Morgan fingerprint density at radius 2 is 1.86 bits per heavy atom. The molecule has 35 heavy (non-hydrogen) atoms. The zero-order valence-corrected chi connectivity index (χ0v) is 20.3. The summed E-state index contributed by atoms with van der Waals surface area (Å²) in [7, 11) is 3.10. The van der Waals surface area contributed by atoms with Crippen LogP contribution in [0.2, 0.25) is 0 Å². The second-order valence-corrected chi connectivity index (χ2v) is 8.93. The Hall–Kier alpha value is -3.56. The van der Waals surface area contributed by atoms with Crippen LogP contribution in [0.25, 0.3) is 0 Å². The number of thiophene rings is 1. The third-order valence-electron chi connectivity index (χ3n) is 5.74. The maximum Gasteiger partial charge on any atom is 0.262 e. The summed E-state index contributed by atoms with van der Waals surface area (Å²) in [5.74, 6) is -0.336. The van der Waals surface area contributed by atoms with Crippen LogP contribution < -0.4 is 4.74 Å². The zero-order valence-electron chi connectivity index (χ0n) is 19.5. The minimum absolute atomic E-state index is 0.173. The second kappa shape index (κ2) is 11.2. The van der Waals surface area contributed by atoms with Gasteiger partial charge < -0.3 is 14.4 Å². The molecule has 4 rings (SSSR count). The van der Waals surface area contributed by atoms with Crippen LogP contribution in [0.1, 0.15) is 33.3 Å². The van der Waals surface area contributed by atoms with E-state index in [4.69, 9.17) is 9.47 Å². The molecular formula is C26H26FN3O4S. The molecule has 0 radical (unpaired) electrons. The smallest absolute Gasteiger partial charge is 0.262 e. The lowest BCUT2D eigenvalue weighted by atomic mass is 10.0. The van der Waals surface area contributed by atoms with E-state index < -0.39 is 0 Å². The van der Waals surface area contributed by atoms with Crippen molar-refractivity contribution >= 4 is 28.9 Å². The number of methoxy groups -OCH3 is 2. The Labute approximate surface area is 207 Å². The maximum atomic E-state index is 13.5. The molecule has 0 unspecified atom stereocenters. The lowest BCUT2D eigenvalue weighted by Crippen LogP contribution is -2.42. The van der Waals surface area contributed by atoms with Crippen molar-refractivity contribution in [2.75, 3.05) is 33.9 Å². The van der Waals surface area contributed by atoms with Gasteiger partial charge in [-0.1, -0.05) is 18.2 Å². The summed E-state index contributed by atoms with van der Waals surface area (Å²) in [6, 6.07) is 16.3. The molecule has 1 atom stereocenters. The third-order valence-corrected chi connectivity index (χ3v) is 6.66.